The Morgan fingerprint density at radius 1 is 1.47 bits per heavy atom. The molecule has 0 bridgehead atoms. The van der Waals surface area contributed by atoms with Gasteiger partial charge in [0.2, 0.25) is 0 Å². The summed E-state index contributed by atoms with van der Waals surface area (Å²) in [5, 5.41) is 0.723. The van der Waals surface area contributed by atoms with E-state index in [0.717, 1.165) is 17.0 Å². The summed E-state index contributed by atoms with van der Waals surface area (Å²) < 4.78 is 5.24. The fraction of sp³-hybridized carbons (Fsp3) is 0.364. The van der Waals surface area contributed by atoms with E-state index in [1.807, 2.05) is 24.3 Å². The molecule has 15 heavy (non-hydrogen) atoms. The minimum Gasteiger partial charge on any atom is -0.462 e. The van der Waals surface area contributed by atoms with Crippen LogP contribution in [0, 0.1) is 0 Å². The number of rotatable bonds is 2. The van der Waals surface area contributed by atoms with Crippen molar-refractivity contribution >= 4 is 17.6 Å². The van der Waals surface area contributed by atoms with E-state index in [1.165, 1.54) is 0 Å². The summed E-state index contributed by atoms with van der Waals surface area (Å²) in [4.78, 5) is 4.37. The van der Waals surface area contributed by atoms with Crippen LogP contribution in [0.1, 0.15) is 18.9 Å². The molecule has 1 aliphatic heterocycles. The average molecular weight is 225 g/mol. The maximum Gasteiger partial charge on any atom is 0.283 e. The third kappa shape index (κ3) is 1.79. The highest BCUT2D eigenvalue weighted by atomic mass is 35.5. The van der Waals surface area contributed by atoms with Crippen molar-refractivity contribution in [3.05, 3.63) is 34.9 Å². The largest absolute Gasteiger partial charge is 0.462 e. The van der Waals surface area contributed by atoms with Crippen LogP contribution in [-0.4, -0.2) is 12.6 Å². The Labute approximate surface area is 93.9 Å². The number of aliphatic imine (C=N–C) groups is 1. The van der Waals surface area contributed by atoms with E-state index in [1.54, 1.807) is 0 Å². The van der Waals surface area contributed by atoms with Crippen molar-refractivity contribution in [2.45, 2.75) is 18.9 Å². The van der Waals surface area contributed by atoms with Crippen LogP contribution in [0.2, 0.25) is 5.02 Å². The van der Waals surface area contributed by atoms with Crippen molar-refractivity contribution in [1.82, 2.24) is 0 Å². The molecular formula is C11H13ClN2O. The Bertz CT molecular complexity index is 388. The molecule has 0 fully saturated rings. The molecule has 0 aliphatic carbocycles. The standard InChI is InChI=1S/C11H13ClN2O/c1-2-11(7-15-10(13)14-11)8-3-5-9(12)6-4-8/h3-6H,2,7H2,1H3,(H2,13,14)/t11-/m0/s1. The van der Waals surface area contributed by atoms with E-state index in [2.05, 4.69) is 11.9 Å². The summed E-state index contributed by atoms with van der Waals surface area (Å²) in [6.07, 6.45) is 0.856. The Hall–Kier alpha value is -1.22. The van der Waals surface area contributed by atoms with Crippen LogP contribution in [0.15, 0.2) is 29.3 Å². The van der Waals surface area contributed by atoms with Gasteiger partial charge in [-0.15, -0.1) is 0 Å². The fourth-order valence-corrected chi connectivity index (χ4v) is 1.89. The molecule has 0 amide bonds. The minimum atomic E-state index is -0.325. The van der Waals surface area contributed by atoms with Crippen molar-refractivity contribution in [3.8, 4) is 0 Å². The fourth-order valence-electron chi connectivity index (χ4n) is 1.76. The number of nitrogens with zero attached hydrogens (tertiary/aromatic N) is 1. The summed E-state index contributed by atoms with van der Waals surface area (Å²) >= 11 is 5.84. The number of hydrogen-bond acceptors (Lipinski definition) is 3. The monoisotopic (exact) mass is 224 g/mol. The zero-order chi connectivity index (χ0) is 10.9. The maximum atomic E-state index is 5.84. The van der Waals surface area contributed by atoms with Crippen molar-refractivity contribution in [1.29, 1.82) is 0 Å². The zero-order valence-corrected chi connectivity index (χ0v) is 9.29. The quantitative estimate of drug-likeness (QED) is 0.838. The summed E-state index contributed by atoms with van der Waals surface area (Å²) in [6.45, 7) is 2.58. The SMILES string of the molecule is CC[C@@]1(c2ccc(Cl)cc2)COC(N)=N1. The number of benzene rings is 1. The zero-order valence-electron chi connectivity index (χ0n) is 8.53. The van der Waals surface area contributed by atoms with Crippen LogP contribution < -0.4 is 5.73 Å². The van der Waals surface area contributed by atoms with Gasteiger partial charge in [-0.3, -0.25) is 0 Å². The van der Waals surface area contributed by atoms with Crippen LogP contribution in [0.4, 0.5) is 0 Å². The van der Waals surface area contributed by atoms with E-state index in [9.17, 15) is 0 Å². The molecule has 0 unspecified atom stereocenters. The lowest BCUT2D eigenvalue weighted by atomic mass is 9.89. The van der Waals surface area contributed by atoms with Crippen LogP contribution in [0.25, 0.3) is 0 Å². The van der Waals surface area contributed by atoms with Gasteiger partial charge < -0.3 is 10.5 Å². The second-order valence-corrected chi connectivity index (χ2v) is 4.07. The van der Waals surface area contributed by atoms with Gasteiger partial charge in [0, 0.05) is 5.02 Å². The average Bonchev–Trinajstić information content (AvgIpc) is 2.62. The first-order valence-electron chi connectivity index (χ1n) is 4.90. The molecule has 0 radical (unpaired) electrons. The third-order valence-corrected chi connectivity index (χ3v) is 3.00. The normalized spacial score (nSPS) is 24.8. The second kappa shape index (κ2) is 3.74. The molecular weight excluding hydrogens is 212 g/mol. The molecule has 1 aromatic rings. The molecule has 0 spiro atoms. The first-order chi connectivity index (χ1) is 7.16. The number of amidine groups is 1. The maximum absolute atomic E-state index is 5.84. The van der Waals surface area contributed by atoms with Gasteiger partial charge in [0.25, 0.3) is 6.02 Å². The smallest absolute Gasteiger partial charge is 0.283 e. The highest BCUT2D eigenvalue weighted by molar-refractivity contribution is 6.30. The van der Waals surface area contributed by atoms with Gasteiger partial charge in [-0.2, -0.15) is 0 Å². The molecule has 0 saturated carbocycles. The summed E-state index contributed by atoms with van der Waals surface area (Å²) in [5.41, 5.74) is 6.32. The second-order valence-electron chi connectivity index (χ2n) is 3.63. The van der Waals surface area contributed by atoms with Crippen LogP contribution in [0.3, 0.4) is 0 Å². The van der Waals surface area contributed by atoms with Gasteiger partial charge in [-0.1, -0.05) is 30.7 Å². The molecule has 80 valence electrons. The summed E-state index contributed by atoms with van der Waals surface area (Å²) in [5.74, 6) is 0. The predicted molar refractivity (Wildman–Crippen MR) is 61.0 cm³/mol. The Morgan fingerprint density at radius 3 is 2.60 bits per heavy atom. The summed E-state index contributed by atoms with van der Waals surface area (Å²) in [6, 6.07) is 7.93. The first-order valence-corrected chi connectivity index (χ1v) is 5.28. The van der Waals surface area contributed by atoms with E-state index < -0.39 is 0 Å². The first kappa shape index (κ1) is 10.3. The Kier molecular flexibility index (Phi) is 2.57. The molecule has 0 aromatic heterocycles. The van der Waals surface area contributed by atoms with Gasteiger partial charge in [0.1, 0.15) is 12.1 Å². The van der Waals surface area contributed by atoms with Crippen molar-refractivity contribution in [2.75, 3.05) is 6.61 Å². The summed E-state index contributed by atoms with van der Waals surface area (Å²) in [7, 11) is 0. The predicted octanol–water partition coefficient (Wildman–Crippen LogP) is 2.29. The Morgan fingerprint density at radius 2 is 2.13 bits per heavy atom. The lowest BCUT2D eigenvalue weighted by Gasteiger charge is -2.22. The third-order valence-electron chi connectivity index (χ3n) is 2.75. The number of ether oxygens (including phenoxy) is 1. The van der Waals surface area contributed by atoms with Gasteiger partial charge >= 0.3 is 0 Å². The van der Waals surface area contributed by atoms with Crippen LogP contribution in [0.5, 0.6) is 0 Å². The molecule has 2 N–H and O–H groups in total. The van der Waals surface area contributed by atoms with E-state index in [0.29, 0.717) is 6.61 Å². The molecule has 0 saturated heterocycles. The van der Waals surface area contributed by atoms with E-state index >= 15 is 0 Å². The number of hydrogen-bond donors (Lipinski definition) is 1. The molecule has 3 nitrogen and oxygen atoms in total. The van der Waals surface area contributed by atoms with Crippen molar-refractivity contribution < 1.29 is 4.74 Å². The molecule has 1 atom stereocenters. The van der Waals surface area contributed by atoms with Gasteiger partial charge in [0.15, 0.2) is 0 Å². The molecule has 2 rings (SSSR count). The van der Waals surface area contributed by atoms with Gasteiger partial charge in [-0.05, 0) is 24.1 Å². The highest BCUT2D eigenvalue weighted by Gasteiger charge is 2.35. The van der Waals surface area contributed by atoms with Gasteiger partial charge in [0.05, 0.1) is 0 Å². The molecule has 1 heterocycles. The van der Waals surface area contributed by atoms with E-state index in [4.69, 9.17) is 22.1 Å². The van der Waals surface area contributed by atoms with Crippen molar-refractivity contribution in [3.63, 3.8) is 0 Å². The number of halogens is 1. The van der Waals surface area contributed by atoms with Crippen LogP contribution in [-0.2, 0) is 10.3 Å². The van der Waals surface area contributed by atoms with Crippen LogP contribution >= 0.6 is 11.6 Å². The molecule has 1 aliphatic rings. The molecule has 4 heteroatoms. The molecule has 1 aromatic carbocycles. The topological polar surface area (TPSA) is 47.6 Å². The minimum absolute atomic E-state index is 0.270. The Balaban J connectivity index is 2.39. The van der Waals surface area contributed by atoms with E-state index in [-0.39, 0.29) is 11.6 Å². The lowest BCUT2D eigenvalue weighted by molar-refractivity contribution is 0.249. The van der Waals surface area contributed by atoms with Crippen molar-refractivity contribution in [2.24, 2.45) is 10.7 Å². The van der Waals surface area contributed by atoms with Gasteiger partial charge in [-0.25, -0.2) is 4.99 Å². The number of nitrogens with two attached hydrogens (primary N) is 1. The highest BCUT2D eigenvalue weighted by Crippen LogP contribution is 2.33. The lowest BCUT2D eigenvalue weighted by Crippen LogP contribution is -2.24.